The number of carbonyl (C=O) groups excluding carboxylic acids is 2. The monoisotopic (exact) mass is 602 g/mol. The second-order valence-electron chi connectivity index (χ2n) is 9.85. The van der Waals surface area contributed by atoms with E-state index in [-0.39, 0.29) is 28.9 Å². The van der Waals surface area contributed by atoms with Crippen molar-refractivity contribution in [3.05, 3.63) is 130 Å². The molecule has 4 aromatic carbocycles. The molecular formula is C34H38N2O8. The third-order valence-corrected chi connectivity index (χ3v) is 5.53. The summed E-state index contributed by atoms with van der Waals surface area (Å²) >= 11 is 0. The maximum Gasteiger partial charge on any atom is 0.335 e. The molecule has 0 radical (unpaired) electrons. The Labute approximate surface area is 257 Å². The lowest BCUT2D eigenvalue weighted by Crippen LogP contribution is -2.21. The third-order valence-electron chi connectivity index (χ3n) is 5.53. The quantitative estimate of drug-likeness (QED) is 0.236. The van der Waals surface area contributed by atoms with Crippen LogP contribution in [0.2, 0.25) is 0 Å². The van der Waals surface area contributed by atoms with Crippen molar-refractivity contribution in [3.8, 4) is 11.5 Å². The molecule has 4 aromatic rings. The van der Waals surface area contributed by atoms with E-state index in [0.717, 1.165) is 16.7 Å². The molecule has 4 N–H and O–H groups in total. The van der Waals surface area contributed by atoms with Crippen LogP contribution in [0.1, 0.15) is 52.6 Å². The van der Waals surface area contributed by atoms with Crippen LogP contribution >= 0.6 is 0 Å². The number of amides is 2. The zero-order valence-corrected chi connectivity index (χ0v) is 25.6. The molecule has 0 bridgehead atoms. The number of carbonyl (C=O) groups is 4. The zero-order chi connectivity index (χ0) is 33.4. The first-order valence-electron chi connectivity index (χ1n) is 13.2. The Hall–Kier alpha value is -5.64. The summed E-state index contributed by atoms with van der Waals surface area (Å²) in [4.78, 5) is 46.4. The summed E-state index contributed by atoms with van der Waals surface area (Å²) in [6.45, 7) is 3.85. The van der Waals surface area contributed by atoms with Crippen LogP contribution in [-0.2, 0) is 0 Å². The largest absolute Gasteiger partial charge is 0.508 e. The molecule has 0 aliphatic carbocycles. The van der Waals surface area contributed by atoms with E-state index < -0.39 is 11.9 Å². The smallest absolute Gasteiger partial charge is 0.335 e. The summed E-state index contributed by atoms with van der Waals surface area (Å²) in [5, 5.41) is 34.8. The molecule has 0 unspecified atom stereocenters. The van der Waals surface area contributed by atoms with Crippen LogP contribution in [0.5, 0.6) is 11.5 Å². The highest BCUT2D eigenvalue weighted by molar-refractivity contribution is 5.94. The molecule has 10 heteroatoms. The third kappa shape index (κ3) is 13.3. The van der Waals surface area contributed by atoms with E-state index in [9.17, 15) is 19.2 Å². The highest BCUT2D eigenvalue weighted by Gasteiger charge is 2.07. The lowest BCUT2D eigenvalue weighted by atomic mass is 10.1. The van der Waals surface area contributed by atoms with Gasteiger partial charge in [0.2, 0.25) is 0 Å². The standard InChI is InChI=1S/C10H13NO.C9H11NO2.C8H8O2.C7H6O3/c1-8-5-4-6-9(7-8)10(12)11(2)3;1-10(2)9(12)7-4-3-5-8(11)6-7;1-6-3-2-4-7(5-6)8(9)10;8-6-3-1-2-5(4-6)7(9)10/h4-7H,1-3H3;3-6,11H,1-2H3;2-5H,1H3,(H,9,10);1-4,8H,(H,9,10). The number of phenols is 2. The first-order valence-corrected chi connectivity index (χ1v) is 13.2. The van der Waals surface area contributed by atoms with E-state index >= 15 is 0 Å². The molecular weight excluding hydrogens is 564 g/mol. The van der Waals surface area contributed by atoms with Crippen molar-refractivity contribution in [2.75, 3.05) is 28.2 Å². The number of phenolic OH excluding ortho intramolecular Hbond substituents is 2. The Morgan fingerprint density at radius 1 is 0.477 bits per heavy atom. The van der Waals surface area contributed by atoms with Gasteiger partial charge in [-0.3, -0.25) is 9.59 Å². The number of carboxylic acid groups (broad SMARTS) is 2. The fraction of sp³-hybridized carbons (Fsp3) is 0.176. The molecule has 44 heavy (non-hydrogen) atoms. The van der Waals surface area contributed by atoms with Gasteiger partial charge < -0.3 is 30.2 Å². The summed E-state index contributed by atoms with van der Waals surface area (Å²) in [7, 11) is 6.86. The maximum absolute atomic E-state index is 11.4. The van der Waals surface area contributed by atoms with E-state index in [1.165, 1.54) is 41.3 Å². The van der Waals surface area contributed by atoms with Gasteiger partial charge in [-0.05, 0) is 74.5 Å². The maximum atomic E-state index is 11.4. The summed E-state index contributed by atoms with van der Waals surface area (Å²) in [6, 6.07) is 26.2. The van der Waals surface area contributed by atoms with Crippen LogP contribution < -0.4 is 0 Å². The fourth-order valence-electron chi connectivity index (χ4n) is 3.35. The lowest BCUT2D eigenvalue weighted by molar-refractivity contribution is 0.0686. The number of aromatic hydroxyl groups is 2. The summed E-state index contributed by atoms with van der Waals surface area (Å²) < 4.78 is 0. The second-order valence-corrected chi connectivity index (χ2v) is 9.85. The van der Waals surface area contributed by atoms with Gasteiger partial charge in [0, 0.05) is 39.3 Å². The number of aromatic carboxylic acids is 2. The first-order chi connectivity index (χ1) is 20.6. The average molecular weight is 603 g/mol. The van der Waals surface area contributed by atoms with Crippen LogP contribution in [0.3, 0.4) is 0 Å². The predicted octanol–water partition coefficient (Wildman–Crippen LogP) is 5.57. The number of hydrogen-bond acceptors (Lipinski definition) is 6. The van der Waals surface area contributed by atoms with E-state index in [4.69, 9.17) is 20.4 Å². The van der Waals surface area contributed by atoms with Crippen molar-refractivity contribution in [2.45, 2.75) is 13.8 Å². The van der Waals surface area contributed by atoms with Crippen molar-refractivity contribution in [3.63, 3.8) is 0 Å². The van der Waals surface area contributed by atoms with Crippen molar-refractivity contribution < 1.29 is 39.6 Å². The SMILES string of the molecule is CN(C)C(=O)c1cccc(O)c1.Cc1cccc(C(=O)N(C)C)c1.Cc1cccc(C(=O)O)c1.O=C(O)c1cccc(O)c1. The molecule has 0 atom stereocenters. The van der Waals surface area contributed by atoms with Gasteiger partial charge in [-0.2, -0.15) is 0 Å². The number of aryl methyl sites for hydroxylation is 2. The van der Waals surface area contributed by atoms with E-state index in [1.807, 2.05) is 44.2 Å². The van der Waals surface area contributed by atoms with Crippen molar-refractivity contribution in [2.24, 2.45) is 0 Å². The van der Waals surface area contributed by atoms with Gasteiger partial charge in [0.15, 0.2) is 0 Å². The number of carboxylic acids is 2. The van der Waals surface area contributed by atoms with Gasteiger partial charge in [0.05, 0.1) is 11.1 Å². The summed E-state index contributed by atoms with van der Waals surface area (Å²) in [5.41, 5.74) is 3.78. The topological polar surface area (TPSA) is 156 Å². The van der Waals surface area contributed by atoms with Gasteiger partial charge in [-0.25, -0.2) is 9.59 Å². The fourth-order valence-corrected chi connectivity index (χ4v) is 3.35. The Morgan fingerprint density at radius 3 is 1.07 bits per heavy atom. The van der Waals surface area contributed by atoms with Gasteiger partial charge in [0.1, 0.15) is 11.5 Å². The Kier molecular flexibility index (Phi) is 14.9. The average Bonchev–Trinajstić information content (AvgIpc) is 2.97. The molecule has 0 saturated heterocycles. The highest BCUT2D eigenvalue weighted by Crippen LogP contribution is 2.12. The molecule has 10 nitrogen and oxygen atoms in total. The molecule has 0 aromatic heterocycles. The minimum absolute atomic E-state index is 0.0279. The Bertz CT molecular complexity index is 1450. The minimum atomic E-state index is -1.03. The van der Waals surface area contributed by atoms with E-state index in [2.05, 4.69) is 0 Å². The van der Waals surface area contributed by atoms with E-state index in [0.29, 0.717) is 11.1 Å². The van der Waals surface area contributed by atoms with Crippen LogP contribution in [-0.4, -0.2) is 82.2 Å². The zero-order valence-electron chi connectivity index (χ0n) is 25.6. The number of benzene rings is 4. The Morgan fingerprint density at radius 2 is 0.773 bits per heavy atom. The van der Waals surface area contributed by atoms with Gasteiger partial charge in [-0.1, -0.05) is 47.5 Å². The van der Waals surface area contributed by atoms with Crippen LogP contribution in [0.4, 0.5) is 0 Å². The molecule has 232 valence electrons. The molecule has 0 fully saturated rings. The minimum Gasteiger partial charge on any atom is -0.508 e. The number of hydrogen-bond donors (Lipinski definition) is 4. The predicted molar refractivity (Wildman–Crippen MR) is 169 cm³/mol. The van der Waals surface area contributed by atoms with Gasteiger partial charge in [-0.15, -0.1) is 0 Å². The summed E-state index contributed by atoms with van der Waals surface area (Å²) in [5.74, 6) is -1.87. The molecule has 0 saturated carbocycles. The number of rotatable bonds is 4. The molecule has 0 aliphatic rings. The first kappa shape index (κ1) is 36.4. The van der Waals surface area contributed by atoms with Crippen molar-refractivity contribution in [1.82, 2.24) is 9.80 Å². The van der Waals surface area contributed by atoms with Crippen LogP contribution in [0.15, 0.2) is 97.1 Å². The summed E-state index contributed by atoms with van der Waals surface area (Å²) in [6.07, 6.45) is 0. The number of nitrogens with zero attached hydrogens (tertiary/aromatic N) is 2. The van der Waals surface area contributed by atoms with Crippen molar-refractivity contribution >= 4 is 23.8 Å². The van der Waals surface area contributed by atoms with Crippen LogP contribution in [0, 0.1) is 13.8 Å². The molecule has 0 spiro atoms. The van der Waals surface area contributed by atoms with Crippen LogP contribution in [0.25, 0.3) is 0 Å². The molecule has 0 aliphatic heterocycles. The van der Waals surface area contributed by atoms with E-state index in [1.54, 1.807) is 63.4 Å². The second kappa shape index (κ2) is 18.0. The molecule has 4 rings (SSSR count). The Balaban J connectivity index is 0.000000294. The van der Waals surface area contributed by atoms with Crippen molar-refractivity contribution in [1.29, 1.82) is 0 Å². The van der Waals surface area contributed by atoms with Gasteiger partial charge in [0.25, 0.3) is 11.8 Å². The molecule has 2 amide bonds. The highest BCUT2D eigenvalue weighted by atomic mass is 16.4. The normalized spacial score (nSPS) is 9.41. The van der Waals surface area contributed by atoms with Gasteiger partial charge >= 0.3 is 11.9 Å². The molecule has 0 heterocycles. The lowest BCUT2D eigenvalue weighted by Gasteiger charge is -2.09.